The van der Waals surface area contributed by atoms with Crippen molar-refractivity contribution in [2.75, 3.05) is 44.0 Å². The highest BCUT2D eigenvalue weighted by Gasteiger charge is 2.33. The highest BCUT2D eigenvalue weighted by molar-refractivity contribution is 9.10. The first-order valence-electron chi connectivity index (χ1n) is 11.9. The fraction of sp³-hybridized carbons (Fsp3) is 0.458. The van der Waals surface area contributed by atoms with E-state index in [1.165, 1.54) is 12.3 Å². The van der Waals surface area contributed by atoms with Crippen LogP contribution in [0.1, 0.15) is 46.4 Å². The third-order valence-electron chi connectivity index (χ3n) is 6.44. The number of likely N-dealkylation sites (tertiary alicyclic amines) is 1. The molecule has 11 nitrogen and oxygen atoms in total. The first-order chi connectivity index (χ1) is 17.4. The van der Waals surface area contributed by atoms with Gasteiger partial charge in [-0.05, 0) is 37.8 Å². The first kappa shape index (κ1) is 25.8. The van der Waals surface area contributed by atoms with E-state index in [1.54, 1.807) is 30.3 Å². The molecule has 0 bridgehead atoms. The van der Waals surface area contributed by atoms with Crippen molar-refractivity contribution in [3.05, 3.63) is 56.3 Å². The van der Waals surface area contributed by atoms with Gasteiger partial charge < -0.3 is 25.6 Å². The van der Waals surface area contributed by atoms with Gasteiger partial charge in [-0.2, -0.15) is 0 Å². The molecular formula is C24H29BrN6O5. The van der Waals surface area contributed by atoms with Crippen LogP contribution in [0.15, 0.2) is 35.1 Å². The third kappa shape index (κ3) is 5.93. The smallest absolute Gasteiger partial charge is 0.294 e. The van der Waals surface area contributed by atoms with Gasteiger partial charge in [-0.15, -0.1) is 0 Å². The van der Waals surface area contributed by atoms with Gasteiger partial charge in [0.15, 0.2) is 0 Å². The number of anilines is 2. The number of carbonyl (C=O) groups is 2. The lowest BCUT2D eigenvalue weighted by atomic mass is 10.00. The standard InChI is InChI=1S/C24H29BrN6O5/c1-26-17-9-15(12-27-13-17)23(32)29-20-14-36-8-5-19(20)28-22-18(10-16(25)11-21(22)31(34)35)24(33)30-6-3-2-4-7-30/h9-13,19-20,26,28H,2-8,14H2,1H3,(H,29,32)/t19-,20+/m1/s1. The first-order valence-corrected chi connectivity index (χ1v) is 12.7. The van der Waals surface area contributed by atoms with Crippen LogP contribution in [0.4, 0.5) is 17.1 Å². The van der Waals surface area contributed by atoms with Crippen molar-refractivity contribution in [3.63, 3.8) is 0 Å². The molecule has 2 saturated heterocycles. The maximum Gasteiger partial charge on any atom is 0.294 e. The van der Waals surface area contributed by atoms with Crippen LogP contribution in [0, 0.1) is 10.1 Å². The zero-order valence-electron chi connectivity index (χ0n) is 20.0. The Morgan fingerprint density at radius 2 is 1.94 bits per heavy atom. The molecule has 1 aromatic carbocycles. The van der Waals surface area contributed by atoms with E-state index in [1.807, 2.05) is 0 Å². The van der Waals surface area contributed by atoms with Crippen molar-refractivity contribution >= 4 is 44.8 Å². The molecule has 0 spiro atoms. The number of piperidine rings is 1. The second-order valence-electron chi connectivity index (χ2n) is 8.86. The molecular weight excluding hydrogens is 532 g/mol. The number of hydrogen-bond acceptors (Lipinski definition) is 8. The van der Waals surface area contributed by atoms with Crippen LogP contribution in [0.5, 0.6) is 0 Å². The average molecular weight is 561 g/mol. The van der Waals surface area contributed by atoms with Gasteiger partial charge in [0.05, 0.1) is 40.4 Å². The number of nitro benzene ring substituents is 1. The fourth-order valence-corrected chi connectivity index (χ4v) is 4.96. The number of benzene rings is 1. The van der Waals surface area contributed by atoms with Crippen molar-refractivity contribution in [1.29, 1.82) is 0 Å². The molecule has 4 rings (SSSR count). The molecule has 192 valence electrons. The molecule has 0 saturated carbocycles. The van der Waals surface area contributed by atoms with E-state index in [4.69, 9.17) is 4.74 Å². The number of ether oxygens (including phenoxy) is 1. The summed E-state index contributed by atoms with van der Waals surface area (Å²) in [6, 6.07) is 3.82. The number of rotatable bonds is 7. The van der Waals surface area contributed by atoms with Crippen molar-refractivity contribution < 1.29 is 19.2 Å². The van der Waals surface area contributed by atoms with E-state index in [-0.39, 0.29) is 35.4 Å². The summed E-state index contributed by atoms with van der Waals surface area (Å²) in [5, 5.41) is 21.1. The minimum absolute atomic E-state index is 0.156. The van der Waals surface area contributed by atoms with Gasteiger partial charge in [-0.3, -0.25) is 24.7 Å². The van der Waals surface area contributed by atoms with Crippen molar-refractivity contribution in [3.8, 4) is 0 Å². The predicted molar refractivity (Wildman–Crippen MR) is 138 cm³/mol. The minimum Gasteiger partial charge on any atom is -0.387 e. The van der Waals surface area contributed by atoms with Gasteiger partial charge in [0.25, 0.3) is 17.5 Å². The molecule has 0 aliphatic carbocycles. The highest BCUT2D eigenvalue weighted by atomic mass is 79.9. The monoisotopic (exact) mass is 560 g/mol. The second-order valence-corrected chi connectivity index (χ2v) is 9.78. The molecule has 3 N–H and O–H groups in total. The van der Waals surface area contributed by atoms with Crippen molar-refractivity contribution in [1.82, 2.24) is 15.2 Å². The lowest BCUT2D eigenvalue weighted by molar-refractivity contribution is -0.384. The molecule has 0 unspecified atom stereocenters. The number of amides is 2. The zero-order valence-corrected chi connectivity index (χ0v) is 21.5. The minimum atomic E-state index is -0.498. The van der Waals surface area contributed by atoms with Crippen LogP contribution in [0.3, 0.4) is 0 Å². The van der Waals surface area contributed by atoms with Crippen LogP contribution in [0.25, 0.3) is 0 Å². The number of hydrogen-bond donors (Lipinski definition) is 3. The van der Waals surface area contributed by atoms with Gasteiger partial charge in [0.2, 0.25) is 0 Å². The summed E-state index contributed by atoms with van der Waals surface area (Å²) in [6.45, 7) is 1.88. The maximum atomic E-state index is 13.4. The van der Waals surface area contributed by atoms with Gasteiger partial charge in [-0.25, -0.2) is 0 Å². The second kappa shape index (κ2) is 11.7. The summed E-state index contributed by atoms with van der Waals surface area (Å²) in [5.41, 5.74) is 1.27. The molecule has 0 radical (unpaired) electrons. The molecule has 36 heavy (non-hydrogen) atoms. The quantitative estimate of drug-likeness (QED) is 0.345. The molecule has 2 aliphatic heterocycles. The third-order valence-corrected chi connectivity index (χ3v) is 6.90. The predicted octanol–water partition coefficient (Wildman–Crippen LogP) is 3.42. The Morgan fingerprint density at radius 3 is 2.67 bits per heavy atom. The van der Waals surface area contributed by atoms with Gasteiger partial charge in [0.1, 0.15) is 5.69 Å². The van der Waals surface area contributed by atoms with E-state index < -0.39 is 17.0 Å². The summed E-state index contributed by atoms with van der Waals surface area (Å²) in [5.74, 6) is -0.582. The van der Waals surface area contributed by atoms with E-state index in [9.17, 15) is 19.7 Å². The number of nitrogens with zero attached hydrogens (tertiary/aromatic N) is 3. The molecule has 2 aliphatic rings. The molecule has 1 aromatic heterocycles. The number of halogens is 1. The Labute approximate surface area is 217 Å². The fourth-order valence-electron chi connectivity index (χ4n) is 4.52. The van der Waals surface area contributed by atoms with Crippen LogP contribution in [-0.4, -0.2) is 72.1 Å². The molecule has 2 aromatic rings. The van der Waals surface area contributed by atoms with Crippen LogP contribution in [0.2, 0.25) is 0 Å². The summed E-state index contributed by atoms with van der Waals surface area (Å²) in [7, 11) is 1.74. The topological polar surface area (TPSA) is 139 Å². The highest BCUT2D eigenvalue weighted by Crippen LogP contribution is 2.35. The van der Waals surface area contributed by atoms with Gasteiger partial charge >= 0.3 is 0 Å². The Bertz CT molecular complexity index is 1140. The van der Waals surface area contributed by atoms with Crippen LogP contribution in [-0.2, 0) is 4.74 Å². The number of nitro groups is 1. The van der Waals surface area contributed by atoms with Crippen molar-refractivity contribution in [2.24, 2.45) is 0 Å². The van der Waals surface area contributed by atoms with Crippen molar-refractivity contribution in [2.45, 2.75) is 37.8 Å². The Hall–Kier alpha value is -3.25. The summed E-state index contributed by atoms with van der Waals surface area (Å²) in [6.07, 6.45) is 6.44. The number of pyridine rings is 1. The molecule has 3 heterocycles. The van der Waals surface area contributed by atoms with E-state index in [0.717, 1.165) is 19.3 Å². The molecule has 2 atom stereocenters. The summed E-state index contributed by atoms with van der Waals surface area (Å²) >= 11 is 3.32. The average Bonchev–Trinajstić information content (AvgIpc) is 2.90. The summed E-state index contributed by atoms with van der Waals surface area (Å²) in [4.78, 5) is 43.7. The lowest BCUT2D eigenvalue weighted by Crippen LogP contribution is -2.52. The summed E-state index contributed by atoms with van der Waals surface area (Å²) < 4.78 is 6.05. The normalized spacial score (nSPS) is 19.9. The zero-order chi connectivity index (χ0) is 25.7. The van der Waals surface area contributed by atoms with Crippen LogP contribution < -0.4 is 16.0 Å². The van der Waals surface area contributed by atoms with E-state index in [2.05, 4.69) is 36.9 Å². The Balaban J connectivity index is 1.62. The maximum absolute atomic E-state index is 13.4. The van der Waals surface area contributed by atoms with E-state index in [0.29, 0.717) is 41.8 Å². The van der Waals surface area contributed by atoms with E-state index >= 15 is 0 Å². The lowest BCUT2D eigenvalue weighted by Gasteiger charge is -2.34. The van der Waals surface area contributed by atoms with Gasteiger partial charge in [0, 0.05) is 49.7 Å². The SMILES string of the molecule is CNc1cncc(C(=O)N[C@H]2COCC[C@H]2Nc2c(C(=O)N3CCCCC3)cc(Br)cc2[N+](=O)[O-])c1. The molecule has 2 fully saturated rings. The Morgan fingerprint density at radius 1 is 1.17 bits per heavy atom. The van der Waals surface area contributed by atoms with Crippen LogP contribution >= 0.6 is 15.9 Å². The van der Waals surface area contributed by atoms with Gasteiger partial charge in [-0.1, -0.05) is 15.9 Å². The Kier molecular flexibility index (Phi) is 8.36. The molecule has 2 amide bonds. The largest absolute Gasteiger partial charge is 0.387 e. The number of carbonyl (C=O) groups excluding carboxylic acids is 2. The molecule has 12 heteroatoms. The number of nitrogens with one attached hydrogen (secondary N) is 3. The number of aromatic nitrogens is 1.